The fourth-order valence-corrected chi connectivity index (χ4v) is 2.75. The van der Waals surface area contributed by atoms with Crippen molar-refractivity contribution in [3.05, 3.63) is 77.4 Å². The molecule has 0 saturated heterocycles. The third-order valence-electron chi connectivity index (χ3n) is 4.19. The lowest BCUT2D eigenvalue weighted by molar-refractivity contribution is 0.101. The van der Waals surface area contributed by atoms with E-state index >= 15 is 0 Å². The number of aliphatic hydroxyl groups is 1. The smallest absolute Gasteiger partial charge is 0.159 e. The van der Waals surface area contributed by atoms with E-state index in [-0.39, 0.29) is 12.3 Å². The molecule has 0 aliphatic rings. The largest absolute Gasteiger partial charge is 0.387 e. The van der Waals surface area contributed by atoms with E-state index in [2.05, 4.69) is 11.4 Å². The number of nitrogens with zero attached hydrogens (tertiary/aromatic N) is 1. The van der Waals surface area contributed by atoms with Gasteiger partial charge in [-0.1, -0.05) is 36.4 Å². The summed E-state index contributed by atoms with van der Waals surface area (Å²) in [5, 5.41) is 24.9. The Morgan fingerprint density at radius 3 is 2.60 bits per heavy atom. The Kier molecular flexibility index (Phi) is 4.78. The molecule has 3 aromatic carbocycles. The van der Waals surface area contributed by atoms with Crippen LogP contribution in [0.1, 0.15) is 34.5 Å². The fourth-order valence-electron chi connectivity index (χ4n) is 2.75. The van der Waals surface area contributed by atoms with Gasteiger partial charge in [-0.2, -0.15) is 5.26 Å². The minimum absolute atomic E-state index is 0.0670. The first-order valence-electron chi connectivity index (χ1n) is 8.04. The number of Topliss-reactive ketones (excluding diaryl/α,β-unsaturated/α-hetero) is 1. The Bertz CT molecular complexity index is 973. The molecule has 4 nitrogen and oxygen atoms in total. The number of nitrogens with one attached hydrogen (secondary N) is 1. The minimum Gasteiger partial charge on any atom is -0.387 e. The van der Waals surface area contributed by atoms with Crippen LogP contribution in [0.2, 0.25) is 0 Å². The molecule has 0 aromatic heterocycles. The highest BCUT2D eigenvalue weighted by Crippen LogP contribution is 2.22. The van der Waals surface area contributed by atoms with Crippen LogP contribution < -0.4 is 5.32 Å². The molecule has 0 bridgehead atoms. The van der Waals surface area contributed by atoms with Gasteiger partial charge in [-0.3, -0.25) is 4.79 Å². The molecule has 0 fully saturated rings. The second-order valence-corrected chi connectivity index (χ2v) is 5.93. The first kappa shape index (κ1) is 16.7. The number of carbonyl (C=O) groups is 1. The van der Waals surface area contributed by atoms with Gasteiger partial charge >= 0.3 is 0 Å². The second kappa shape index (κ2) is 7.16. The molecule has 1 unspecified atom stereocenters. The minimum atomic E-state index is -0.725. The lowest BCUT2D eigenvalue weighted by Gasteiger charge is -2.15. The first-order valence-corrected chi connectivity index (χ1v) is 8.04. The van der Waals surface area contributed by atoms with Crippen molar-refractivity contribution in [1.29, 1.82) is 5.26 Å². The number of ketones is 1. The van der Waals surface area contributed by atoms with E-state index in [0.29, 0.717) is 16.8 Å². The summed E-state index contributed by atoms with van der Waals surface area (Å²) in [4.78, 5) is 11.5. The van der Waals surface area contributed by atoms with Gasteiger partial charge in [-0.25, -0.2) is 0 Å². The zero-order valence-electron chi connectivity index (χ0n) is 13.9. The maximum absolute atomic E-state index is 11.5. The van der Waals surface area contributed by atoms with Gasteiger partial charge in [0.15, 0.2) is 5.78 Å². The summed E-state index contributed by atoms with van der Waals surface area (Å²) in [7, 11) is 0. The highest BCUT2D eigenvalue weighted by Gasteiger charge is 2.11. The van der Waals surface area contributed by atoms with Gasteiger partial charge in [0.2, 0.25) is 0 Å². The molecule has 0 saturated carbocycles. The summed E-state index contributed by atoms with van der Waals surface area (Å²) < 4.78 is 0. The molecule has 124 valence electrons. The SMILES string of the molecule is CC(=O)c1ccc(C#N)c(NCC(O)c2ccc3ccccc3c2)c1. The van der Waals surface area contributed by atoms with Crippen LogP contribution >= 0.6 is 0 Å². The highest BCUT2D eigenvalue weighted by molar-refractivity contribution is 5.95. The molecule has 25 heavy (non-hydrogen) atoms. The number of benzene rings is 3. The fraction of sp³-hybridized carbons (Fsp3) is 0.143. The molecule has 3 rings (SSSR count). The number of hydrogen-bond acceptors (Lipinski definition) is 4. The van der Waals surface area contributed by atoms with E-state index in [0.717, 1.165) is 16.3 Å². The van der Waals surface area contributed by atoms with Crippen molar-refractivity contribution < 1.29 is 9.90 Å². The molecule has 0 spiro atoms. The Labute approximate surface area is 146 Å². The number of rotatable bonds is 5. The topological polar surface area (TPSA) is 73.1 Å². The average molecular weight is 330 g/mol. The molecule has 3 aromatic rings. The molecule has 0 aliphatic heterocycles. The quantitative estimate of drug-likeness (QED) is 0.692. The second-order valence-electron chi connectivity index (χ2n) is 5.93. The van der Waals surface area contributed by atoms with Gasteiger partial charge in [0.05, 0.1) is 17.4 Å². The van der Waals surface area contributed by atoms with E-state index in [4.69, 9.17) is 0 Å². The first-order chi connectivity index (χ1) is 12.1. The Morgan fingerprint density at radius 2 is 1.88 bits per heavy atom. The number of anilines is 1. The van der Waals surface area contributed by atoms with Gasteiger partial charge in [-0.15, -0.1) is 0 Å². The van der Waals surface area contributed by atoms with Crippen molar-refractivity contribution in [3.8, 4) is 6.07 Å². The summed E-state index contributed by atoms with van der Waals surface area (Å²) >= 11 is 0. The zero-order chi connectivity index (χ0) is 17.8. The molecule has 0 aliphatic carbocycles. The van der Waals surface area contributed by atoms with E-state index in [1.165, 1.54) is 6.92 Å². The van der Waals surface area contributed by atoms with Crippen LogP contribution in [0.15, 0.2) is 60.7 Å². The Hall–Kier alpha value is -3.16. The van der Waals surface area contributed by atoms with Gasteiger partial charge in [-0.05, 0) is 47.5 Å². The lowest BCUT2D eigenvalue weighted by Crippen LogP contribution is -2.13. The van der Waals surface area contributed by atoms with Crippen molar-refractivity contribution in [3.63, 3.8) is 0 Å². The van der Waals surface area contributed by atoms with Crippen LogP contribution in [0, 0.1) is 11.3 Å². The number of aliphatic hydroxyl groups excluding tert-OH is 1. The van der Waals surface area contributed by atoms with Gasteiger partial charge in [0.1, 0.15) is 6.07 Å². The highest BCUT2D eigenvalue weighted by atomic mass is 16.3. The number of hydrogen-bond donors (Lipinski definition) is 2. The lowest BCUT2D eigenvalue weighted by atomic mass is 10.0. The van der Waals surface area contributed by atoms with Crippen LogP contribution in [0.5, 0.6) is 0 Å². The van der Waals surface area contributed by atoms with E-state index in [1.807, 2.05) is 42.5 Å². The molecule has 0 radical (unpaired) electrons. The summed E-state index contributed by atoms with van der Waals surface area (Å²) in [5.41, 5.74) is 2.32. The van der Waals surface area contributed by atoms with Crippen LogP contribution in [0.25, 0.3) is 10.8 Å². The van der Waals surface area contributed by atoms with Gasteiger partial charge in [0, 0.05) is 12.1 Å². The molecule has 4 heteroatoms. The number of fused-ring (bicyclic) bond motifs is 1. The molecule has 2 N–H and O–H groups in total. The third-order valence-corrected chi connectivity index (χ3v) is 4.19. The van der Waals surface area contributed by atoms with Crippen LogP contribution in [-0.4, -0.2) is 17.4 Å². The Balaban J connectivity index is 1.79. The van der Waals surface area contributed by atoms with Gasteiger partial charge < -0.3 is 10.4 Å². The van der Waals surface area contributed by atoms with Crippen molar-refractivity contribution in [2.45, 2.75) is 13.0 Å². The van der Waals surface area contributed by atoms with Gasteiger partial charge in [0.25, 0.3) is 0 Å². The summed E-state index contributed by atoms with van der Waals surface area (Å²) in [6.07, 6.45) is -0.725. The van der Waals surface area contributed by atoms with Crippen molar-refractivity contribution >= 4 is 22.2 Å². The van der Waals surface area contributed by atoms with Crippen molar-refractivity contribution in [1.82, 2.24) is 0 Å². The molecule has 1 atom stereocenters. The maximum Gasteiger partial charge on any atom is 0.159 e. The molecule has 0 heterocycles. The molecular weight excluding hydrogens is 312 g/mol. The predicted molar refractivity (Wildman–Crippen MR) is 98.6 cm³/mol. The monoisotopic (exact) mass is 330 g/mol. The predicted octanol–water partition coefficient (Wildman–Crippen LogP) is 4.06. The number of carbonyl (C=O) groups excluding carboxylic acids is 1. The van der Waals surface area contributed by atoms with Crippen LogP contribution in [0.3, 0.4) is 0 Å². The standard InChI is InChI=1S/C21H18N2O2/c1-14(24)16-7-9-19(12-22)20(11-16)23-13-21(25)18-8-6-15-4-2-3-5-17(15)10-18/h2-11,21,23,25H,13H2,1H3. The van der Waals surface area contributed by atoms with Crippen LogP contribution in [-0.2, 0) is 0 Å². The third kappa shape index (κ3) is 3.68. The van der Waals surface area contributed by atoms with Crippen LogP contribution in [0.4, 0.5) is 5.69 Å². The van der Waals surface area contributed by atoms with Crippen molar-refractivity contribution in [2.24, 2.45) is 0 Å². The summed E-state index contributed by atoms with van der Waals surface area (Å²) in [6.45, 7) is 1.73. The Morgan fingerprint density at radius 1 is 1.12 bits per heavy atom. The normalized spacial score (nSPS) is 11.7. The maximum atomic E-state index is 11.5. The molecular formula is C21H18N2O2. The molecule has 0 amide bonds. The van der Waals surface area contributed by atoms with E-state index in [1.54, 1.807) is 18.2 Å². The van der Waals surface area contributed by atoms with E-state index < -0.39 is 6.10 Å². The van der Waals surface area contributed by atoms with Crippen molar-refractivity contribution in [2.75, 3.05) is 11.9 Å². The average Bonchev–Trinajstić information content (AvgIpc) is 2.65. The summed E-state index contributed by atoms with van der Waals surface area (Å²) in [5.74, 6) is -0.0670. The van der Waals surface area contributed by atoms with E-state index in [9.17, 15) is 15.2 Å². The summed E-state index contributed by atoms with van der Waals surface area (Å²) in [6, 6.07) is 20.8. The number of nitriles is 1. The zero-order valence-corrected chi connectivity index (χ0v) is 13.9.